The van der Waals surface area contributed by atoms with E-state index < -0.39 is 5.92 Å². The van der Waals surface area contributed by atoms with Crippen molar-refractivity contribution in [2.75, 3.05) is 0 Å². The second kappa shape index (κ2) is 11.5. The van der Waals surface area contributed by atoms with Gasteiger partial charge in [0.05, 0.1) is 12.1 Å². The van der Waals surface area contributed by atoms with Crippen molar-refractivity contribution in [1.29, 1.82) is 0 Å². The van der Waals surface area contributed by atoms with E-state index in [0.29, 0.717) is 17.4 Å². The molecule has 0 aliphatic rings. The predicted octanol–water partition coefficient (Wildman–Crippen LogP) is 7.35. The van der Waals surface area contributed by atoms with Crippen molar-refractivity contribution in [2.24, 2.45) is 5.10 Å². The molecule has 5 aromatic rings. The number of benzene rings is 5. The molecule has 0 fully saturated rings. The third-order valence-electron chi connectivity index (χ3n) is 6.13. The number of halogens is 1. The molecule has 5 aromatic carbocycles. The van der Waals surface area contributed by atoms with Crippen molar-refractivity contribution in [3.63, 3.8) is 0 Å². The summed E-state index contributed by atoms with van der Waals surface area (Å²) in [6, 6.07) is 38.9. The predicted molar refractivity (Wildman–Crippen MR) is 150 cm³/mol. The van der Waals surface area contributed by atoms with Crippen molar-refractivity contribution >= 4 is 34.5 Å². The van der Waals surface area contributed by atoms with Crippen LogP contribution in [-0.2, 0) is 11.4 Å². The molecule has 0 saturated heterocycles. The Labute approximate surface area is 221 Å². The lowest BCUT2D eigenvalue weighted by Gasteiger charge is -2.16. The first kappa shape index (κ1) is 24.3. The van der Waals surface area contributed by atoms with Gasteiger partial charge in [0.15, 0.2) is 0 Å². The summed E-state index contributed by atoms with van der Waals surface area (Å²) < 4.78 is 6.17. The molecule has 0 atom stereocenters. The average molecular weight is 505 g/mol. The lowest BCUT2D eigenvalue weighted by atomic mass is 9.91. The second-order valence-electron chi connectivity index (χ2n) is 8.60. The number of rotatable bonds is 8. The number of carbonyl (C=O) groups excluding carboxylic acids is 1. The van der Waals surface area contributed by atoms with Gasteiger partial charge in [0, 0.05) is 10.6 Å². The molecular formula is C32H25ClN2O2. The van der Waals surface area contributed by atoms with Crippen molar-refractivity contribution in [3.8, 4) is 5.75 Å². The summed E-state index contributed by atoms with van der Waals surface area (Å²) in [5.74, 6) is -0.0143. The molecular weight excluding hydrogens is 480 g/mol. The number of amides is 1. The number of nitrogens with one attached hydrogen (secondary N) is 1. The maximum Gasteiger partial charge on any atom is 0.252 e. The van der Waals surface area contributed by atoms with E-state index in [1.54, 1.807) is 6.21 Å². The van der Waals surface area contributed by atoms with Gasteiger partial charge in [-0.15, -0.1) is 0 Å². The molecule has 1 N–H and O–H groups in total. The molecule has 182 valence electrons. The quantitative estimate of drug-likeness (QED) is 0.177. The Morgan fingerprint density at radius 3 is 2.08 bits per heavy atom. The minimum atomic E-state index is -0.479. The van der Waals surface area contributed by atoms with E-state index in [1.807, 2.05) is 121 Å². The first-order chi connectivity index (χ1) is 18.2. The van der Waals surface area contributed by atoms with Gasteiger partial charge in [-0.3, -0.25) is 4.79 Å². The van der Waals surface area contributed by atoms with Crippen LogP contribution in [0, 0.1) is 0 Å². The van der Waals surface area contributed by atoms with Crippen molar-refractivity contribution in [3.05, 3.63) is 149 Å². The number of hydrogen-bond acceptors (Lipinski definition) is 3. The van der Waals surface area contributed by atoms with E-state index in [-0.39, 0.29) is 5.91 Å². The zero-order chi connectivity index (χ0) is 25.5. The van der Waals surface area contributed by atoms with Gasteiger partial charge < -0.3 is 4.74 Å². The van der Waals surface area contributed by atoms with Gasteiger partial charge in [0.25, 0.3) is 5.91 Å². The molecule has 37 heavy (non-hydrogen) atoms. The molecule has 0 heterocycles. The van der Waals surface area contributed by atoms with Gasteiger partial charge in [0.1, 0.15) is 12.4 Å². The molecule has 0 aliphatic heterocycles. The largest absolute Gasteiger partial charge is 0.488 e. The summed E-state index contributed by atoms with van der Waals surface area (Å²) >= 11 is 6.01. The molecule has 0 saturated carbocycles. The van der Waals surface area contributed by atoms with Crippen LogP contribution in [0.5, 0.6) is 5.75 Å². The van der Waals surface area contributed by atoms with Crippen LogP contribution in [0.3, 0.4) is 0 Å². The smallest absolute Gasteiger partial charge is 0.252 e. The maximum absolute atomic E-state index is 13.4. The topological polar surface area (TPSA) is 50.7 Å². The summed E-state index contributed by atoms with van der Waals surface area (Å²) in [4.78, 5) is 13.4. The highest BCUT2D eigenvalue weighted by Gasteiger charge is 2.22. The Hall–Kier alpha value is -4.41. The fourth-order valence-corrected chi connectivity index (χ4v) is 4.41. The van der Waals surface area contributed by atoms with Gasteiger partial charge in [0.2, 0.25) is 0 Å². The van der Waals surface area contributed by atoms with Gasteiger partial charge in [-0.2, -0.15) is 5.10 Å². The fraction of sp³-hybridized carbons (Fsp3) is 0.0625. The Bertz CT molecular complexity index is 1480. The zero-order valence-electron chi connectivity index (χ0n) is 20.1. The molecule has 0 aromatic heterocycles. The third kappa shape index (κ3) is 5.88. The van der Waals surface area contributed by atoms with Gasteiger partial charge in [-0.25, -0.2) is 5.43 Å². The molecule has 1 amide bonds. The van der Waals surface area contributed by atoms with Crippen LogP contribution >= 0.6 is 11.6 Å². The Morgan fingerprint density at radius 2 is 1.41 bits per heavy atom. The first-order valence-electron chi connectivity index (χ1n) is 12.0. The highest BCUT2D eigenvalue weighted by Crippen LogP contribution is 2.28. The van der Waals surface area contributed by atoms with E-state index in [4.69, 9.17) is 16.3 Å². The summed E-state index contributed by atoms with van der Waals surface area (Å²) in [6.07, 6.45) is 1.66. The molecule has 0 radical (unpaired) electrons. The standard InChI is InChI=1S/C32H25ClN2O2/c33-27-18-15-23(16-19-27)22-37-30-20-17-24-9-7-8-14-28(24)29(30)21-34-35-32(36)31(25-10-3-1-4-11-25)26-12-5-2-6-13-26/h1-21,31H,22H2,(H,35,36)/b34-21-. The SMILES string of the molecule is O=C(N/N=C\c1c(OCc2ccc(Cl)cc2)ccc2ccccc12)C(c1ccccc1)c1ccccc1. The van der Waals surface area contributed by atoms with Crippen molar-refractivity contribution in [2.45, 2.75) is 12.5 Å². The number of hydrogen-bond donors (Lipinski definition) is 1. The van der Waals surface area contributed by atoms with E-state index >= 15 is 0 Å². The lowest BCUT2D eigenvalue weighted by Crippen LogP contribution is -2.26. The van der Waals surface area contributed by atoms with Crippen LogP contribution in [0.4, 0.5) is 0 Å². The van der Waals surface area contributed by atoms with Crippen LogP contribution in [0.25, 0.3) is 10.8 Å². The molecule has 0 bridgehead atoms. The summed E-state index contributed by atoms with van der Waals surface area (Å²) in [5.41, 5.74) is 6.36. The van der Waals surface area contributed by atoms with E-state index in [0.717, 1.165) is 33.0 Å². The normalized spacial score (nSPS) is 11.2. The molecule has 5 rings (SSSR count). The molecule has 4 nitrogen and oxygen atoms in total. The molecule has 5 heteroatoms. The van der Waals surface area contributed by atoms with Gasteiger partial charge >= 0.3 is 0 Å². The lowest BCUT2D eigenvalue weighted by molar-refractivity contribution is -0.121. The number of fused-ring (bicyclic) bond motifs is 1. The Kier molecular flexibility index (Phi) is 7.58. The van der Waals surface area contributed by atoms with Crippen LogP contribution in [0.1, 0.15) is 28.2 Å². The average Bonchev–Trinajstić information content (AvgIpc) is 2.94. The van der Waals surface area contributed by atoms with Crippen LogP contribution in [0.15, 0.2) is 126 Å². The maximum atomic E-state index is 13.4. The number of hydrazone groups is 1. The summed E-state index contributed by atoms with van der Waals surface area (Å²) in [5, 5.41) is 7.09. The third-order valence-corrected chi connectivity index (χ3v) is 6.39. The highest BCUT2D eigenvalue weighted by atomic mass is 35.5. The summed E-state index contributed by atoms with van der Waals surface area (Å²) in [6.45, 7) is 0.382. The van der Waals surface area contributed by atoms with Crippen LogP contribution < -0.4 is 10.2 Å². The zero-order valence-corrected chi connectivity index (χ0v) is 20.8. The second-order valence-corrected chi connectivity index (χ2v) is 9.04. The van der Waals surface area contributed by atoms with Crippen LogP contribution in [-0.4, -0.2) is 12.1 Å². The monoisotopic (exact) mass is 504 g/mol. The van der Waals surface area contributed by atoms with Gasteiger partial charge in [-0.05, 0) is 45.7 Å². The molecule has 0 spiro atoms. The van der Waals surface area contributed by atoms with E-state index in [9.17, 15) is 4.79 Å². The number of carbonyl (C=O) groups is 1. The minimum Gasteiger partial charge on any atom is -0.488 e. The first-order valence-corrected chi connectivity index (χ1v) is 12.4. The van der Waals surface area contributed by atoms with Gasteiger partial charge in [-0.1, -0.05) is 115 Å². The number of nitrogens with zero attached hydrogens (tertiary/aromatic N) is 1. The minimum absolute atomic E-state index is 0.211. The molecule has 0 unspecified atom stereocenters. The van der Waals surface area contributed by atoms with Crippen LogP contribution in [0.2, 0.25) is 5.02 Å². The Morgan fingerprint density at radius 1 is 0.784 bits per heavy atom. The van der Waals surface area contributed by atoms with E-state index in [1.165, 1.54) is 0 Å². The number of ether oxygens (including phenoxy) is 1. The van der Waals surface area contributed by atoms with E-state index in [2.05, 4.69) is 10.5 Å². The Balaban J connectivity index is 1.41. The highest BCUT2D eigenvalue weighted by molar-refractivity contribution is 6.30. The summed E-state index contributed by atoms with van der Waals surface area (Å²) in [7, 11) is 0. The van der Waals surface area contributed by atoms with Crippen molar-refractivity contribution in [1.82, 2.24) is 5.43 Å². The fourth-order valence-electron chi connectivity index (χ4n) is 4.29. The van der Waals surface area contributed by atoms with Crippen molar-refractivity contribution < 1.29 is 9.53 Å². The molecule has 0 aliphatic carbocycles.